The number of rotatable bonds is 6. The topological polar surface area (TPSA) is 87.0 Å². The molecular formula is C27H27F2N5O. The number of benzene rings is 3. The third-order valence-electron chi connectivity index (χ3n) is 6.53. The van der Waals surface area contributed by atoms with Crippen LogP contribution in [0.3, 0.4) is 0 Å². The number of carbonyl (C=O) groups is 1. The Hall–Kier alpha value is -3.62. The molecule has 1 amide bonds. The summed E-state index contributed by atoms with van der Waals surface area (Å²) in [5.41, 5.74) is 10.2. The minimum Gasteiger partial charge on any atom is -0.316 e. The number of halogens is 2. The second kappa shape index (κ2) is 9.56. The summed E-state index contributed by atoms with van der Waals surface area (Å²) in [6.07, 6.45) is 3.40. The predicted molar refractivity (Wildman–Crippen MR) is 130 cm³/mol. The van der Waals surface area contributed by atoms with E-state index in [2.05, 4.69) is 20.4 Å². The fourth-order valence-electron chi connectivity index (χ4n) is 4.79. The van der Waals surface area contributed by atoms with E-state index < -0.39 is 17.4 Å². The van der Waals surface area contributed by atoms with Crippen molar-refractivity contribution in [2.45, 2.75) is 31.5 Å². The number of likely N-dealkylation sites (tertiary alicyclic amines) is 1. The van der Waals surface area contributed by atoms with Gasteiger partial charge in [0.2, 0.25) is 0 Å². The largest absolute Gasteiger partial charge is 0.316 e. The van der Waals surface area contributed by atoms with Crippen molar-refractivity contribution in [3.05, 3.63) is 101 Å². The number of H-pyrrole nitrogens is 1. The fraction of sp³-hybridized carbons (Fsp3) is 0.259. The number of carbonyl (C=O) groups excluding carboxylic acids is 1. The molecule has 0 spiro atoms. The number of nitrogens with one attached hydrogen (secondary N) is 2. The van der Waals surface area contributed by atoms with Crippen molar-refractivity contribution in [1.82, 2.24) is 20.4 Å². The number of piperidine rings is 1. The average molecular weight is 476 g/mol. The van der Waals surface area contributed by atoms with E-state index in [1.165, 1.54) is 12.1 Å². The quantitative estimate of drug-likeness (QED) is 0.361. The molecule has 3 aromatic carbocycles. The van der Waals surface area contributed by atoms with Crippen LogP contribution in [-0.4, -0.2) is 34.1 Å². The summed E-state index contributed by atoms with van der Waals surface area (Å²) >= 11 is 0. The number of nitrogens with two attached hydrogens (primary N) is 1. The molecule has 1 atom stereocenters. The number of hydrogen-bond donors (Lipinski definition) is 3. The molecule has 1 fully saturated rings. The summed E-state index contributed by atoms with van der Waals surface area (Å²) in [6, 6.07) is 18.1. The molecule has 180 valence electrons. The zero-order valence-electron chi connectivity index (χ0n) is 19.2. The Kier molecular flexibility index (Phi) is 6.32. The molecule has 35 heavy (non-hydrogen) atoms. The van der Waals surface area contributed by atoms with Gasteiger partial charge in [-0.05, 0) is 66.8 Å². The minimum absolute atomic E-state index is 0.284. The van der Waals surface area contributed by atoms with E-state index in [1.54, 1.807) is 24.3 Å². The Morgan fingerprint density at radius 2 is 1.69 bits per heavy atom. The lowest BCUT2D eigenvalue weighted by molar-refractivity contribution is 0.0315. The van der Waals surface area contributed by atoms with Gasteiger partial charge in [-0.15, -0.1) is 0 Å². The minimum atomic E-state index is -1.31. The van der Waals surface area contributed by atoms with Gasteiger partial charge in [-0.25, -0.2) is 8.78 Å². The van der Waals surface area contributed by atoms with Crippen LogP contribution in [0.5, 0.6) is 0 Å². The first kappa shape index (κ1) is 23.1. The Bertz CT molecular complexity index is 1330. The van der Waals surface area contributed by atoms with Gasteiger partial charge in [0.15, 0.2) is 5.79 Å². The Morgan fingerprint density at radius 1 is 0.971 bits per heavy atom. The van der Waals surface area contributed by atoms with Crippen molar-refractivity contribution in [2.75, 3.05) is 13.1 Å². The normalized spacial score (nSPS) is 16.2. The highest BCUT2D eigenvalue weighted by molar-refractivity contribution is 5.95. The van der Waals surface area contributed by atoms with Gasteiger partial charge >= 0.3 is 0 Å². The average Bonchev–Trinajstić information content (AvgIpc) is 3.28. The van der Waals surface area contributed by atoms with Crippen LogP contribution in [0.4, 0.5) is 8.78 Å². The van der Waals surface area contributed by atoms with E-state index in [9.17, 15) is 13.6 Å². The molecule has 1 aliphatic rings. The smallest absolute Gasteiger partial charge is 0.254 e. The van der Waals surface area contributed by atoms with Gasteiger partial charge in [0.1, 0.15) is 11.6 Å². The van der Waals surface area contributed by atoms with Crippen molar-refractivity contribution in [3.8, 4) is 0 Å². The summed E-state index contributed by atoms with van der Waals surface area (Å²) in [5.74, 6) is -2.82. The van der Waals surface area contributed by atoms with Crippen LogP contribution in [0.15, 0.2) is 66.7 Å². The zero-order valence-corrected chi connectivity index (χ0v) is 19.2. The number of aromatic amines is 1. The van der Waals surface area contributed by atoms with Gasteiger partial charge in [0.05, 0.1) is 11.2 Å². The third kappa shape index (κ3) is 4.80. The van der Waals surface area contributed by atoms with Crippen molar-refractivity contribution < 1.29 is 13.6 Å². The highest BCUT2D eigenvalue weighted by Gasteiger charge is 2.40. The van der Waals surface area contributed by atoms with Gasteiger partial charge in [0, 0.05) is 30.1 Å². The maximum atomic E-state index is 13.7. The Morgan fingerprint density at radius 3 is 2.40 bits per heavy atom. The molecule has 1 saturated heterocycles. The van der Waals surface area contributed by atoms with Gasteiger partial charge in [0.25, 0.3) is 5.91 Å². The second-order valence-corrected chi connectivity index (χ2v) is 9.04. The molecule has 8 heteroatoms. The molecule has 2 heterocycles. The highest BCUT2D eigenvalue weighted by atomic mass is 19.1. The summed E-state index contributed by atoms with van der Waals surface area (Å²) < 4.78 is 27.4. The summed E-state index contributed by atoms with van der Waals surface area (Å²) in [6.45, 7) is 1.46. The second-order valence-electron chi connectivity index (χ2n) is 9.04. The molecule has 0 saturated carbocycles. The van der Waals surface area contributed by atoms with Gasteiger partial charge in [-0.3, -0.25) is 20.5 Å². The van der Waals surface area contributed by atoms with Crippen LogP contribution < -0.4 is 11.1 Å². The Labute approximate surface area is 202 Å². The van der Waals surface area contributed by atoms with E-state index in [0.29, 0.717) is 28.8 Å². The van der Waals surface area contributed by atoms with Crippen molar-refractivity contribution >= 4 is 16.8 Å². The lowest BCUT2D eigenvalue weighted by Crippen LogP contribution is -2.65. The molecule has 6 nitrogen and oxygen atoms in total. The third-order valence-corrected chi connectivity index (χ3v) is 6.53. The number of aromatic nitrogens is 2. The van der Waals surface area contributed by atoms with Crippen LogP contribution in [0.2, 0.25) is 0 Å². The summed E-state index contributed by atoms with van der Waals surface area (Å²) in [5, 5.41) is 11.3. The Balaban J connectivity index is 1.54. The summed E-state index contributed by atoms with van der Waals surface area (Å²) in [7, 11) is 0. The van der Waals surface area contributed by atoms with E-state index >= 15 is 0 Å². The first-order valence-corrected chi connectivity index (χ1v) is 11.8. The highest BCUT2D eigenvalue weighted by Crippen LogP contribution is 2.30. The first-order valence-electron chi connectivity index (χ1n) is 11.8. The molecular weight excluding hydrogens is 448 g/mol. The molecule has 4 aromatic rings. The maximum Gasteiger partial charge on any atom is 0.254 e. The first-order chi connectivity index (χ1) is 16.9. The molecule has 4 N–H and O–H groups in total. The van der Waals surface area contributed by atoms with E-state index in [1.807, 2.05) is 24.3 Å². The molecule has 1 aromatic heterocycles. The van der Waals surface area contributed by atoms with Crippen molar-refractivity contribution in [1.29, 1.82) is 0 Å². The lowest BCUT2D eigenvalue weighted by Gasteiger charge is -2.42. The van der Waals surface area contributed by atoms with Crippen LogP contribution in [0.1, 0.15) is 46.4 Å². The number of nitrogens with zero attached hydrogens (tertiary/aromatic N) is 2. The molecule has 0 aliphatic carbocycles. The molecule has 1 unspecified atom stereocenters. The fourth-order valence-corrected chi connectivity index (χ4v) is 4.79. The number of amides is 1. The van der Waals surface area contributed by atoms with Crippen LogP contribution in [-0.2, 0) is 12.2 Å². The summed E-state index contributed by atoms with van der Waals surface area (Å²) in [4.78, 5) is 15.3. The molecule has 0 radical (unpaired) electrons. The zero-order chi connectivity index (χ0) is 24.4. The monoisotopic (exact) mass is 475 g/mol. The van der Waals surface area contributed by atoms with Crippen LogP contribution in [0, 0.1) is 11.6 Å². The van der Waals surface area contributed by atoms with E-state index in [0.717, 1.165) is 49.4 Å². The van der Waals surface area contributed by atoms with Crippen molar-refractivity contribution in [2.24, 2.45) is 5.73 Å². The molecule has 5 rings (SSSR count). The predicted octanol–water partition coefficient (Wildman–Crippen LogP) is 4.42. The maximum absolute atomic E-state index is 13.7. The van der Waals surface area contributed by atoms with Crippen LogP contribution in [0.25, 0.3) is 10.9 Å². The van der Waals surface area contributed by atoms with Crippen molar-refractivity contribution in [3.63, 3.8) is 0 Å². The molecule has 1 aliphatic heterocycles. The van der Waals surface area contributed by atoms with Gasteiger partial charge in [-0.1, -0.05) is 30.7 Å². The van der Waals surface area contributed by atoms with E-state index in [4.69, 9.17) is 5.73 Å². The lowest BCUT2D eigenvalue weighted by atomic mass is 9.99. The standard InChI is InChI=1S/C27H27F2N5O/c28-21-14-19(15-22(29)17-21)13-18-9-10-24-23(16-18)25(33-32-24)27(30,34-11-5-2-6-12-34)31-26(35)20-7-3-1-4-8-20/h1,3-4,7-10,14-17H,2,5-6,11-13,30H2,(H,31,35)(H,32,33). The van der Waals surface area contributed by atoms with Gasteiger partial charge in [-0.2, -0.15) is 5.10 Å². The van der Waals surface area contributed by atoms with Crippen LogP contribution >= 0.6 is 0 Å². The van der Waals surface area contributed by atoms with E-state index in [-0.39, 0.29) is 5.91 Å². The van der Waals surface area contributed by atoms with Gasteiger partial charge < -0.3 is 5.32 Å². The molecule has 0 bridgehead atoms. The number of hydrogen-bond acceptors (Lipinski definition) is 4. The SMILES string of the molecule is NC(NC(=O)c1ccccc1)(c1[nH]nc2ccc(Cc3cc(F)cc(F)c3)cc12)N1CCCCC1. The number of fused-ring (bicyclic) bond motifs is 1.